The van der Waals surface area contributed by atoms with Gasteiger partial charge in [-0.15, -0.1) is 0 Å². The van der Waals surface area contributed by atoms with Crippen molar-refractivity contribution in [1.82, 2.24) is 5.01 Å². The first kappa shape index (κ1) is 20.8. The second-order valence-corrected chi connectivity index (χ2v) is 6.42. The SMILES string of the molecule is CCCCCC1=NN(C(=O)Cc2ccc([N+](=O)[O-])cc2)[C@](O)(C(F)(F)F)C1. The lowest BCUT2D eigenvalue weighted by Gasteiger charge is -2.32. The van der Waals surface area contributed by atoms with Crippen LogP contribution < -0.4 is 0 Å². The van der Waals surface area contributed by atoms with Gasteiger partial charge in [0.05, 0.1) is 11.3 Å². The standard InChI is InChI=1S/C17H20F3N3O4/c1-2-3-4-5-13-11-16(25,17(18,19)20)22(21-13)15(24)10-12-6-8-14(9-7-12)23(26)27/h6-9,25H,2-5,10-11H2,1H3/t16-/m1/s1. The molecule has 1 amide bonds. The van der Waals surface area contributed by atoms with Crippen LogP contribution in [-0.4, -0.2) is 38.6 Å². The number of alkyl halides is 3. The Bertz CT molecular complexity index is 734. The quantitative estimate of drug-likeness (QED) is 0.440. The molecule has 2 rings (SSSR count). The average Bonchev–Trinajstić information content (AvgIpc) is 2.93. The molecular weight excluding hydrogens is 367 g/mol. The van der Waals surface area contributed by atoms with Crippen molar-refractivity contribution < 1.29 is 28.0 Å². The molecule has 10 heteroatoms. The summed E-state index contributed by atoms with van der Waals surface area (Å²) in [4.78, 5) is 22.4. The normalized spacial score (nSPS) is 19.9. The number of hydrogen-bond donors (Lipinski definition) is 1. The fourth-order valence-electron chi connectivity index (χ4n) is 2.80. The van der Waals surface area contributed by atoms with E-state index in [0.29, 0.717) is 6.42 Å². The lowest BCUT2D eigenvalue weighted by molar-refractivity contribution is -0.384. The minimum Gasteiger partial charge on any atom is -0.362 e. The number of unbranched alkanes of at least 4 members (excludes halogenated alkanes) is 2. The molecule has 1 aliphatic rings. The van der Waals surface area contributed by atoms with E-state index in [9.17, 15) is 33.2 Å². The van der Waals surface area contributed by atoms with Crippen molar-refractivity contribution in [2.75, 3.05) is 0 Å². The predicted octanol–water partition coefficient (Wildman–Crippen LogP) is 3.56. The van der Waals surface area contributed by atoms with E-state index in [4.69, 9.17) is 0 Å². The Morgan fingerprint density at radius 3 is 2.48 bits per heavy atom. The molecule has 148 valence electrons. The Balaban J connectivity index is 2.19. The molecule has 0 bridgehead atoms. The highest BCUT2D eigenvalue weighted by Gasteiger charge is 2.62. The van der Waals surface area contributed by atoms with Crippen LogP contribution in [0, 0.1) is 10.1 Å². The fourth-order valence-corrected chi connectivity index (χ4v) is 2.80. The lowest BCUT2D eigenvalue weighted by Crippen LogP contribution is -2.57. The summed E-state index contributed by atoms with van der Waals surface area (Å²) in [6.07, 6.45) is -3.73. The third kappa shape index (κ3) is 4.62. The van der Waals surface area contributed by atoms with Crippen molar-refractivity contribution in [3.05, 3.63) is 39.9 Å². The summed E-state index contributed by atoms with van der Waals surface area (Å²) >= 11 is 0. The predicted molar refractivity (Wildman–Crippen MR) is 90.8 cm³/mol. The number of amides is 1. The lowest BCUT2D eigenvalue weighted by atomic mass is 10.0. The number of hydrogen-bond acceptors (Lipinski definition) is 5. The Hall–Kier alpha value is -2.49. The number of nitro groups is 1. The molecule has 1 aromatic carbocycles. The first-order chi connectivity index (χ1) is 12.6. The summed E-state index contributed by atoms with van der Waals surface area (Å²) in [5.41, 5.74) is -3.16. The van der Waals surface area contributed by atoms with Crippen LogP contribution in [0.1, 0.15) is 44.6 Å². The number of carbonyl (C=O) groups is 1. The number of nitrogens with zero attached hydrogens (tertiary/aromatic N) is 3. The third-order valence-electron chi connectivity index (χ3n) is 4.30. The number of halogens is 3. The van der Waals surface area contributed by atoms with Crippen molar-refractivity contribution in [1.29, 1.82) is 0 Å². The summed E-state index contributed by atoms with van der Waals surface area (Å²) in [5.74, 6) is -1.03. The fraction of sp³-hybridized carbons (Fsp3) is 0.529. The largest absolute Gasteiger partial charge is 0.438 e. The number of non-ortho nitro benzene ring substituents is 1. The van der Waals surface area contributed by atoms with Gasteiger partial charge in [-0.2, -0.15) is 23.3 Å². The van der Waals surface area contributed by atoms with Gasteiger partial charge < -0.3 is 5.11 Å². The number of nitro benzene ring substituents is 1. The van der Waals surface area contributed by atoms with E-state index < -0.39 is 35.6 Å². The van der Waals surface area contributed by atoms with Crippen molar-refractivity contribution in [3.63, 3.8) is 0 Å². The highest BCUT2D eigenvalue weighted by molar-refractivity contribution is 5.91. The van der Waals surface area contributed by atoms with Crippen LogP contribution in [0.4, 0.5) is 18.9 Å². The van der Waals surface area contributed by atoms with Gasteiger partial charge in [0.2, 0.25) is 5.91 Å². The molecule has 0 saturated heterocycles. The van der Waals surface area contributed by atoms with Crippen LogP contribution in [-0.2, 0) is 11.2 Å². The molecule has 1 aromatic rings. The molecule has 1 N–H and O–H groups in total. The third-order valence-corrected chi connectivity index (χ3v) is 4.30. The van der Waals surface area contributed by atoms with Gasteiger partial charge >= 0.3 is 6.18 Å². The van der Waals surface area contributed by atoms with Crippen molar-refractivity contribution in [2.24, 2.45) is 5.10 Å². The molecule has 1 atom stereocenters. The maximum absolute atomic E-state index is 13.4. The van der Waals surface area contributed by atoms with Gasteiger partial charge in [-0.3, -0.25) is 14.9 Å². The van der Waals surface area contributed by atoms with Gasteiger partial charge in [0.25, 0.3) is 11.4 Å². The highest BCUT2D eigenvalue weighted by atomic mass is 19.4. The van der Waals surface area contributed by atoms with Gasteiger partial charge in [-0.1, -0.05) is 31.9 Å². The summed E-state index contributed by atoms with van der Waals surface area (Å²) in [7, 11) is 0. The second-order valence-electron chi connectivity index (χ2n) is 6.42. The van der Waals surface area contributed by atoms with Gasteiger partial charge in [0.15, 0.2) is 0 Å². The summed E-state index contributed by atoms with van der Waals surface area (Å²) in [5, 5.41) is 24.6. The Morgan fingerprint density at radius 1 is 1.33 bits per heavy atom. The zero-order chi connectivity index (χ0) is 20.2. The number of hydrazone groups is 1. The monoisotopic (exact) mass is 387 g/mol. The van der Waals surface area contributed by atoms with Crippen molar-refractivity contribution >= 4 is 17.3 Å². The van der Waals surface area contributed by atoms with Gasteiger partial charge in [0, 0.05) is 24.3 Å². The molecule has 0 fully saturated rings. The molecule has 0 radical (unpaired) electrons. The molecule has 0 aliphatic carbocycles. The molecule has 27 heavy (non-hydrogen) atoms. The number of carbonyl (C=O) groups excluding carboxylic acids is 1. The van der Waals surface area contributed by atoms with Gasteiger partial charge in [-0.25, -0.2) is 0 Å². The van der Waals surface area contributed by atoms with Crippen LogP contribution in [0.5, 0.6) is 0 Å². The molecule has 0 saturated carbocycles. The Labute approximate surface area is 153 Å². The van der Waals surface area contributed by atoms with E-state index in [-0.39, 0.29) is 28.4 Å². The van der Waals surface area contributed by atoms with Gasteiger partial charge in [0.1, 0.15) is 0 Å². The highest BCUT2D eigenvalue weighted by Crippen LogP contribution is 2.41. The zero-order valence-corrected chi connectivity index (χ0v) is 14.7. The van der Waals surface area contributed by atoms with Crippen LogP contribution >= 0.6 is 0 Å². The van der Waals surface area contributed by atoms with E-state index >= 15 is 0 Å². The zero-order valence-electron chi connectivity index (χ0n) is 14.7. The summed E-state index contributed by atoms with van der Waals surface area (Å²) in [6.45, 7) is 1.95. The maximum Gasteiger partial charge on any atom is 0.438 e. The van der Waals surface area contributed by atoms with E-state index in [2.05, 4.69) is 5.10 Å². The van der Waals surface area contributed by atoms with Crippen LogP contribution in [0.3, 0.4) is 0 Å². The molecule has 7 nitrogen and oxygen atoms in total. The maximum atomic E-state index is 13.4. The van der Waals surface area contributed by atoms with Crippen LogP contribution in [0.25, 0.3) is 0 Å². The van der Waals surface area contributed by atoms with E-state index in [1.807, 2.05) is 6.92 Å². The van der Waals surface area contributed by atoms with E-state index in [0.717, 1.165) is 25.0 Å². The molecule has 0 spiro atoms. The van der Waals surface area contributed by atoms with Crippen molar-refractivity contribution in [2.45, 2.75) is 57.3 Å². The first-order valence-electron chi connectivity index (χ1n) is 8.50. The summed E-state index contributed by atoms with van der Waals surface area (Å²) < 4.78 is 40.2. The molecule has 1 heterocycles. The Morgan fingerprint density at radius 2 is 1.96 bits per heavy atom. The van der Waals surface area contributed by atoms with Crippen LogP contribution in [0.15, 0.2) is 29.4 Å². The Kier molecular flexibility index (Phi) is 6.19. The molecule has 1 aliphatic heterocycles. The number of rotatable bonds is 7. The average molecular weight is 387 g/mol. The van der Waals surface area contributed by atoms with Gasteiger partial charge in [-0.05, 0) is 18.4 Å². The van der Waals surface area contributed by atoms with Crippen LogP contribution in [0.2, 0.25) is 0 Å². The molecular formula is C17H20F3N3O4. The topological polar surface area (TPSA) is 96.0 Å². The van der Waals surface area contributed by atoms with E-state index in [1.54, 1.807) is 0 Å². The number of aliphatic hydroxyl groups is 1. The minimum atomic E-state index is -5.06. The minimum absolute atomic E-state index is 0.107. The molecule has 0 aromatic heterocycles. The summed E-state index contributed by atoms with van der Waals surface area (Å²) in [6, 6.07) is 4.87. The second kappa shape index (κ2) is 8.03. The number of benzene rings is 1. The molecule has 0 unspecified atom stereocenters. The van der Waals surface area contributed by atoms with E-state index in [1.165, 1.54) is 12.1 Å². The smallest absolute Gasteiger partial charge is 0.362 e. The van der Waals surface area contributed by atoms with Crippen molar-refractivity contribution in [3.8, 4) is 0 Å². The first-order valence-corrected chi connectivity index (χ1v) is 8.50.